The Balaban J connectivity index is 1.31. The van der Waals surface area contributed by atoms with Crippen molar-refractivity contribution in [1.82, 2.24) is 9.88 Å². The van der Waals surface area contributed by atoms with E-state index in [4.69, 9.17) is 16.3 Å². The van der Waals surface area contributed by atoms with Gasteiger partial charge >= 0.3 is 0 Å². The number of likely N-dealkylation sites (tertiary alicyclic amines) is 1. The second-order valence-electron chi connectivity index (χ2n) is 9.26. The molecule has 3 aromatic rings. The van der Waals surface area contributed by atoms with Crippen LogP contribution in [0, 0.1) is 0 Å². The molecule has 0 aliphatic carbocycles. The van der Waals surface area contributed by atoms with Gasteiger partial charge in [-0.1, -0.05) is 48.9 Å². The maximum Gasteiger partial charge on any atom is 0.131 e. The van der Waals surface area contributed by atoms with Crippen LogP contribution in [-0.4, -0.2) is 34.6 Å². The Hall–Kier alpha value is -2.66. The number of aryl methyl sites for hydroxylation is 1. The zero-order valence-corrected chi connectivity index (χ0v) is 20.4. The quantitative estimate of drug-likeness (QED) is 0.493. The molecule has 34 heavy (non-hydrogen) atoms. The summed E-state index contributed by atoms with van der Waals surface area (Å²) < 4.78 is 6.12. The minimum Gasteiger partial charge on any atom is -0.487 e. The molecule has 1 aromatic heterocycles. The second kappa shape index (κ2) is 9.91. The number of aliphatic hydroxyl groups is 1. The van der Waals surface area contributed by atoms with Crippen LogP contribution >= 0.6 is 11.6 Å². The van der Waals surface area contributed by atoms with Gasteiger partial charge in [0.15, 0.2) is 0 Å². The standard InChI is InChI=1S/C29H31ClN2O2/c1-2-21-7-12-28-26(19-21)24(25-5-3-15-31-27(25)20-34-28)6-4-16-32-17-13-29(33,14-18-32)22-8-10-23(30)11-9-22/h3,5-12,15,19,33H,2,4,13-14,16-18,20H2,1H3/b24-6+. The van der Waals surface area contributed by atoms with Crippen molar-refractivity contribution in [1.29, 1.82) is 0 Å². The number of rotatable bonds is 5. The molecule has 0 spiro atoms. The number of hydrogen-bond acceptors (Lipinski definition) is 4. The number of nitrogens with zero attached hydrogens (tertiary/aromatic N) is 2. The number of pyridine rings is 1. The number of halogens is 1. The lowest BCUT2D eigenvalue weighted by atomic mass is 9.84. The molecule has 0 atom stereocenters. The highest BCUT2D eigenvalue weighted by Crippen LogP contribution is 2.37. The molecule has 0 saturated carbocycles. The third-order valence-electron chi connectivity index (χ3n) is 7.15. The van der Waals surface area contributed by atoms with Crippen LogP contribution in [-0.2, 0) is 18.6 Å². The number of hydrogen-bond donors (Lipinski definition) is 1. The topological polar surface area (TPSA) is 45.6 Å². The van der Waals surface area contributed by atoms with Crippen molar-refractivity contribution in [2.75, 3.05) is 19.6 Å². The summed E-state index contributed by atoms with van der Waals surface area (Å²) in [7, 11) is 0. The Morgan fingerprint density at radius 2 is 1.88 bits per heavy atom. The number of ether oxygens (including phenoxy) is 1. The van der Waals surface area contributed by atoms with E-state index in [-0.39, 0.29) is 0 Å². The van der Waals surface area contributed by atoms with E-state index < -0.39 is 5.60 Å². The molecule has 1 N–H and O–H groups in total. The smallest absolute Gasteiger partial charge is 0.131 e. The summed E-state index contributed by atoms with van der Waals surface area (Å²) in [5.41, 5.74) is 6.00. The van der Waals surface area contributed by atoms with Crippen molar-refractivity contribution in [2.45, 2.75) is 44.8 Å². The van der Waals surface area contributed by atoms with Gasteiger partial charge in [0.1, 0.15) is 12.4 Å². The van der Waals surface area contributed by atoms with Crippen LogP contribution in [0.25, 0.3) is 5.57 Å². The molecular formula is C29H31ClN2O2. The fraction of sp³-hybridized carbons (Fsp3) is 0.345. The van der Waals surface area contributed by atoms with E-state index in [1.165, 1.54) is 11.1 Å². The van der Waals surface area contributed by atoms with Gasteiger partial charge in [0.25, 0.3) is 0 Å². The van der Waals surface area contributed by atoms with E-state index in [1.807, 2.05) is 36.5 Å². The zero-order chi connectivity index (χ0) is 23.5. The molecule has 176 valence electrons. The van der Waals surface area contributed by atoms with E-state index in [2.05, 4.69) is 47.1 Å². The molecule has 5 rings (SSSR count). The maximum absolute atomic E-state index is 11.2. The van der Waals surface area contributed by atoms with Gasteiger partial charge in [-0.05, 0) is 72.7 Å². The molecule has 1 fully saturated rings. The van der Waals surface area contributed by atoms with Gasteiger partial charge in [-0.25, -0.2) is 0 Å². The van der Waals surface area contributed by atoms with Crippen molar-refractivity contribution in [3.63, 3.8) is 0 Å². The third-order valence-corrected chi connectivity index (χ3v) is 7.40. The second-order valence-corrected chi connectivity index (χ2v) is 9.69. The first-order valence-corrected chi connectivity index (χ1v) is 12.5. The average Bonchev–Trinajstić information content (AvgIpc) is 3.02. The van der Waals surface area contributed by atoms with Crippen molar-refractivity contribution >= 4 is 17.2 Å². The molecular weight excluding hydrogens is 444 g/mol. The number of aromatic nitrogens is 1. The van der Waals surface area contributed by atoms with Crippen molar-refractivity contribution < 1.29 is 9.84 Å². The predicted molar refractivity (Wildman–Crippen MR) is 137 cm³/mol. The highest BCUT2D eigenvalue weighted by Gasteiger charge is 2.33. The molecule has 2 aliphatic rings. The molecule has 2 aliphatic heterocycles. The largest absolute Gasteiger partial charge is 0.487 e. The minimum absolute atomic E-state index is 0.487. The summed E-state index contributed by atoms with van der Waals surface area (Å²) >= 11 is 6.02. The van der Waals surface area contributed by atoms with Gasteiger partial charge in [0, 0.05) is 42.0 Å². The first-order valence-electron chi connectivity index (χ1n) is 12.2. The summed E-state index contributed by atoms with van der Waals surface area (Å²) in [4.78, 5) is 7.04. The monoisotopic (exact) mass is 474 g/mol. The van der Waals surface area contributed by atoms with E-state index in [0.717, 1.165) is 73.5 Å². The van der Waals surface area contributed by atoms with Crippen LogP contribution < -0.4 is 4.74 Å². The van der Waals surface area contributed by atoms with E-state index in [9.17, 15) is 5.11 Å². The van der Waals surface area contributed by atoms with Gasteiger partial charge < -0.3 is 14.7 Å². The summed E-state index contributed by atoms with van der Waals surface area (Å²) in [5.74, 6) is 0.924. The van der Waals surface area contributed by atoms with Crippen LogP contribution in [0.3, 0.4) is 0 Å². The molecule has 1 saturated heterocycles. The highest BCUT2D eigenvalue weighted by atomic mass is 35.5. The SMILES string of the molecule is CCc1ccc2c(c1)/C(=C/CCN1CCC(O)(c3ccc(Cl)cc3)CC1)c1cccnc1CO2. The van der Waals surface area contributed by atoms with Crippen LogP contribution in [0.2, 0.25) is 5.02 Å². The fourth-order valence-electron chi connectivity index (χ4n) is 5.03. The molecule has 0 bridgehead atoms. The van der Waals surface area contributed by atoms with Gasteiger partial charge in [0.05, 0.1) is 11.3 Å². The van der Waals surface area contributed by atoms with Gasteiger partial charge in [-0.15, -0.1) is 0 Å². The van der Waals surface area contributed by atoms with Crippen LogP contribution in [0.5, 0.6) is 5.75 Å². The summed E-state index contributed by atoms with van der Waals surface area (Å²) in [6.45, 7) is 5.38. The Bertz CT molecular complexity index is 1180. The number of benzene rings is 2. The maximum atomic E-state index is 11.2. The van der Waals surface area contributed by atoms with Crippen molar-refractivity contribution in [3.05, 3.63) is 99.8 Å². The van der Waals surface area contributed by atoms with Crippen LogP contribution in [0.15, 0.2) is 66.9 Å². The fourth-order valence-corrected chi connectivity index (χ4v) is 5.16. The first kappa shape index (κ1) is 23.1. The Kier molecular flexibility index (Phi) is 6.73. The minimum atomic E-state index is -0.766. The van der Waals surface area contributed by atoms with Crippen LogP contribution in [0.4, 0.5) is 0 Å². The molecule has 4 nitrogen and oxygen atoms in total. The summed E-state index contributed by atoms with van der Waals surface area (Å²) in [5, 5.41) is 11.9. The van der Waals surface area contributed by atoms with Gasteiger partial charge in [-0.2, -0.15) is 0 Å². The van der Waals surface area contributed by atoms with Gasteiger partial charge in [-0.3, -0.25) is 4.98 Å². The summed E-state index contributed by atoms with van der Waals surface area (Å²) in [6, 6.07) is 18.3. The highest BCUT2D eigenvalue weighted by molar-refractivity contribution is 6.30. The molecule has 5 heteroatoms. The number of piperidine rings is 1. The normalized spacial score (nSPS) is 18.6. The zero-order valence-electron chi connectivity index (χ0n) is 19.6. The van der Waals surface area contributed by atoms with Crippen LogP contribution in [0.1, 0.15) is 54.1 Å². The lowest BCUT2D eigenvalue weighted by molar-refractivity contribution is -0.0254. The molecule has 0 amide bonds. The lowest BCUT2D eigenvalue weighted by Gasteiger charge is -2.38. The van der Waals surface area contributed by atoms with Crippen molar-refractivity contribution in [2.24, 2.45) is 0 Å². The predicted octanol–water partition coefficient (Wildman–Crippen LogP) is 6.00. The number of fused-ring (bicyclic) bond motifs is 2. The molecule has 3 heterocycles. The third kappa shape index (κ3) is 4.76. The Morgan fingerprint density at radius 3 is 2.65 bits per heavy atom. The van der Waals surface area contributed by atoms with Gasteiger partial charge in [0.2, 0.25) is 0 Å². The molecule has 2 aromatic carbocycles. The Morgan fingerprint density at radius 1 is 1.09 bits per heavy atom. The van der Waals surface area contributed by atoms with Crippen molar-refractivity contribution in [3.8, 4) is 5.75 Å². The van der Waals surface area contributed by atoms with E-state index in [1.54, 1.807) is 0 Å². The first-order chi connectivity index (χ1) is 16.6. The van der Waals surface area contributed by atoms with E-state index in [0.29, 0.717) is 11.6 Å². The Labute approximate surface area is 206 Å². The summed E-state index contributed by atoms with van der Waals surface area (Å²) in [6.07, 6.45) is 7.56. The van der Waals surface area contributed by atoms with E-state index >= 15 is 0 Å². The average molecular weight is 475 g/mol. The molecule has 0 unspecified atom stereocenters. The molecule has 0 radical (unpaired) electrons. The lowest BCUT2D eigenvalue weighted by Crippen LogP contribution is -2.42.